The van der Waals surface area contributed by atoms with Crippen molar-refractivity contribution < 1.29 is 4.39 Å². The molecule has 4 rings (SSSR count). The fraction of sp³-hybridized carbons (Fsp3) is 0.556. The second-order valence-electron chi connectivity index (χ2n) is 9.23. The van der Waals surface area contributed by atoms with Gasteiger partial charge in [-0.25, -0.2) is 4.39 Å². The summed E-state index contributed by atoms with van der Waals surface area (Å²) in [4.78, 5) is 0. The third kappa shape index (κ3) is 4.67. The van der Waals surface area contributed by atoms with E-state index in [0.29, 0.717) is 5.92 Å². The van der Waals surface area contributed by atoms with Gasteiger partial charge in [0.2, 0.25) is 0 Å². The lowest BCUT2D eigenvalue weighted by Crippen LogP contribution is -2.14. The van der Waals surface area contributed by atoms with Gasteiger partial charge in [0.25, 0.3) is 0 Å². The van der Waals surface area contributed by atoms with Crippen molar-refractivity contribution in [3.63, 3.8) is 0 Å². The second kappa shape index (κ2) is 9.25. The van der Waals surface area contributed by atoms with Crippen LogP contribution in [0.15, 0.2) is 42.5 Å². The fourth-order valence-electron chi connectivity index (χ4n) is 5.52. The average molecular weight is 379 g/mol. The van der Waals surface area contributed by atoms with E-state index < -0.39 is 0 Å². The van der Waals surface area contributed by atoms with Gasteiger partial charge in [-0.1, -0.05) is 62.9 Å². The van der Waals surface area contributed by atoms with Crippen LogP contribution >= 0.6 is 0 Å². The zero-order valence-corrected chi connectivity index (χ0v) is 17.4. The van der Waals surface area contributed by atoms with Crippen LogP contribution in [-0.2, 0) is 12.8 Å². The van der Waals surface area contributed by atoms with Gasteiger partial charge in [0.15, 0.2) is 0 Å². The lowest BCUT2D eigenvalue weighted by Gasteiger charge is -2.29. The molecule has 2 aromatic rings. The molecule has 2 aliphatic carbocycles. The van der Waals surface area contributed by atoms with Gasteiger partial charge in [-0.3, -0.25) is 0 Å². The maximum Gasteiger partial charge on any atom is 0.123 e. The van der Waals surface area contributed by atoms with Crippen molar-refractivity contribution in [2.24, 2.45) is 5.92 Å². The number of fused-ring (bicyclic) bond motifs is 1. The fourth-order valence-corrected chi connectivity index (χ4v) is 5.52. The minimum Gasteiger partial charge on any atom is -0.207 e. The minimum atomic E-state index is -0.0972. The SMILES string of the molecule is CCCCCC1CCC(c2ccc(C3CCc4ccc(F)cc4C3)cc2)CC1. The van der Waals surface area contributed by atoms with E-state index in [0.717, 1.165) is 24.7 Å². The quantitative estimate of drug-likeness (QED) is 0.447. The molecule has 1 fully saturated rings. The summed E-state index contributed by atoms with van der Waals surface area (Å²) in [5.41, 5.74) is 5.52. The highest BCUT2D eigenvalue weighted by Crippen LogP contribution is 2.39. The molecule has 0 aliphatic heterocycles. The van der Waals surface area contributed by atoms with Crippen LogP contribution < -0.4 is 0 Å². The Balaban J connectivity index is 1.33. The Labute approximate surface area is 170 Å². The summed E-state index contributed by atoms with van der Waals surface area (Å²) in [5.74, 6) is 2.18. The Morgan fingerprint density at radius 1 is 0.786 bits per heavy atom. The molecule has 0 radical (unpaired) electrons. The Bertz CT molecular complexity index is 752. The zero-order chi connectivity index (χ0) is 19.3. The van der Waals surface area contributed by atoms with Gasteiger partial charge < -0.3 is 0 Å². The van der Waals surface area contributed by atoms with Gasteiger partial charge in [0.1, 0.15) is 5.82 Å². The van der Waals surface area contributed by atoms with Crippen molar-refractivity contribution in [3.8, 4) is 0 Å². The van der Waals surface area contributed by atoms with Gasteiger partial charge in [-0.15, -0.1) is 0 Å². The molecule has 1 saturated carbocycles. The van der Waals surface area contributed by atoms with Gasteiger partial charge >= 0.3 is 0 Å². The molecule has 0 aromatic heterocycles. The number of hydrogen-bond acceptors (Lipinski definition) is 0. The molecule has 2 aliphatic rings. The molecular weight excluding hydrogens is 343 g/mol. The smallest absolute Gasteiger partial charge is 0.123 e. The molecule has 1 heteroatoms. The maximum atomic E-state index is 13.6. The molecule has 0 nitrogen and oxygen atoms in total. The third-order valence-electron chi connectivity index (χ3n) is 7.34. The number of aryl methyl sites for hydroxylation is 1. The van der Waals surface area contributed by atoms with Crippen LogP contribution in [0, 0.1) is 11.7 Å². The van der Waals surface area contributed by atoms with Crippen LogP contribution in [0.4, 0.5) is 4.39 Å². The first-order chi connectivity index (χ1) is 13.7. The minimum absolute atomic E-state index is 0.0972. The highest BCUT2D eigenvalue weighted by molar-refractivity contribution is 5.35. The molecule has 0 heterocycles. The highest BCUT2D eigenvalue weighted by Gasteiger charge is 2.23. The first-order valence-corrected chi connectivity index (χ1v) is 11.6. The summed E-state index contributed by atoms with van der Waals surface area (Å²) >= 11 is 0. The molecule has 28 heavy (non-hydrogen) atoms. The van der Waals surface area contributed by atoms with E-state index in [2.05, 4.69) is 31.2 Å². The van der Waals surface area contributed by atoms with Crippen LogP contribution in [0.2, 0.25) is 0 Å². The number of rotatable bonds is 6. The molecule has 150 valence electrons. The molecular formula is C27H35F. The van der Waals surface area contributed by atoms with Crippen molar-refractivity contribution in [2.45, 2.75) is 89.4 Å². The highest BCUT2D eigenvalue weighted by atomic mass is 19.1. The second-order valence-corrected chi connectivity index (χ2v) is 9.23. The summed E-state index contributed by atoms with van der Waals surface area (Å²) in [6.07, 6.45) is 14.4. The Morgan fingerprint density at radius 2 is 1.50 bits per heavy atom. The average Bonchev–Trinajstić information content (AvgIpc) is 2.74. The summed E-state index contributed by atoms with van der Waals surface area (Å²) in [6.45, 7) is 2.30. The maximum absolute atomic E-state index is 13.6. The number of benzene rings is 2. The summed E-state index contributed by atoms with van der Waals surface area (Å²) in [7, 11) is 0. The molecule has 0 bridgehead atoms. The van der Waals surface area contributed by atoms with Crippen molar-refractivity contribution in [3.05, 3.63) is 70.5 Å². The monoisotopic (exact) mass is 378 g/mol. The number of unbranched alkanes of at least 4 members (excludes halogenated alkanes) is 2. The van der Waals surface area contributed by atoms with E-state index in [1.165, 1.54) is 80.0 Å². The molecule has 0 saturated heterocycles. The summed E-state index contributed by atoms with van der Waals surface area (Å²) < 4.78 is 13.6. The van der Waals surface area contributed by atoms with E-state index in [1.807, 2.05) is 6.07 Å². The van der Waals surface area contributed by atoms with Gasteiger partial charge in [-0.2, -0.15) is 0 Å². The largest absolute Gasteiger partial charge is 0.207 e. The van der Waals surface area contributed by atoms with Gasteiger partial charge in [0.05, 0.1) is 0 Å². The number of hydrogen-bond donors (Lipinski definition) is 0. The van der Waals surface area contributed by atoms with Crippen molar-refractivity contribution >= 4 is 0 Å². The molecule has 1 atom stereocenters. The topological polar surface area (TPSA) is 0 Å². The Morgan fingerprint density at radius 3 is 2.21 bits per heavy atom. The Kier molecular flexibility index (Phi) is 6.50. The first kappa shape index (κ1) is 19.7. The van der Waals surface area contributed by atoms with Crippen LogP contribution in [-0.4, -0.2) is 0 Å². The third-order valence-corrected chi connectivity index (χ3v) is 7.34. The number of halogens is 1. The van der Waals surface area contributed by atoms with Gasteiger partial charge in [-0.05, 0) is 97.1 Å². The van der Waals surface area contributed by atoms with Crippen LogP contribution in [0.25, 0.3) is 0 Å². The summed E-state index contributed by atoms with van der Waals surface area (Å²) in [6, 6.07) is 14.8. The van der Waals surface area contributed by atoms with E-state index in [-0.39, 0.29) is 5.82 Å². The van der Waals surface area contributed by atoms with E-state index in [1.54, 1.807) is 12.1 Å². The van der Waals surface area contributed by atoms with E-state index >= 15 is 0 Å². The molecule has 0 spiro atoms. The van der Waals surface area contributed by atoms with E-state index in [4.69, 9.17) is 0 Å². The van der Waals surface area contributed by atoms with E-state index in [9.17, 15) is 4.39 Å². The molecule has 0 N–H and O–H groups in total. The summed E-state index contributed by atoms with van der Waals surface area (Å²) in [5, 5.41) is 0. The predicted octanol–water partition coefficient (Wildman–Crippen LogP) is 7.95. The lowest BCUT2D eigenvalue weighted by atomic mass is 9.76. The van der Waals surface area contributed by atoms with Gasteiger partial charge in [0, 0.05) is 0 Å². The normalized spacial score (nSPS) is 24.7. The zero-order valence-electron chi connectivity index (χ0n) is 17.4. The molecule has 2 aromatic carbocycles. The first-order valence-electron chi connectivity index (χ1n) is 11.6. The van der Waals surface area contributed by atoms with Crippen molar-refractivity contribution in [1.82, 2.24) is 0 Å². The molecule has 0 amide bonds. The van der Waals surface area contributed by atoms with Crippen LogP contribution in [0.5, 0.6) is 0 Å². The van der Waals surface area contributed by atoms with Crippen LogP contribution in [0.1, 0.15) is 98.8 Å². The molecule has 1 unspecified atom stereocenters. The van der Waals surface area contributed by atoms with Crippen LogP contribution in [0.3, 0.4) is 0 Å². The van der Waals surface area contributed by atoms with Crippen molar-refractivity contribution in [1.29, 1.82) is 0 Å². The predicted molar refractivity (Wildman–Crippen MR) is 116 cm³/mol. The lowest BCUT2D eigenvalue weighted by molar-refractivity contribution is 0.303. The van der Waals surface area contributed by atoms with Crippen molar-refractivity contribution in [2.75, 3.05) is 0 Å². The Hall–Kier alpha value is -1.63. The standard InChI is InChI=1S/C27H35F/c1-2-3-4-5-20-6-8-21(9-7-20)22-10-12-23(13-11-22)25-15-14-24-16-17-27(28)19-26(24)18-25/h10-13,16-17,19-21,25H,2-9,14-15,18H2,1H3.